The normalized spacial score (nSPS) is 16.6. The minimum atomic E-state index is -0.706. The van der Waals surface area contributed by atoms with Gasteiger partial charge < -0.3 is 9.84 Å². The maximum absolute atomic E-state index is 12.7. The summed E-state index contributed by atoms with van der Waals surface area (Å²) in [6, 6.07) is 14.6. The first-order valence-electron chi connectivity index (χ1n) is 6.95. The Balaban J connectivity index is 2.06. The van der Waals surface area contributed by atoms with Crippen molar-refractivity contribution in [2.75, 3.05) is 11.4 Å². The number of anilines is 1. The van der Waals surface area contributed by atoms with Crippen molar-refractivity contribution in [3.05, 3.63) is 59.7 Å². The molecule has 1 heterocycles. The zero-order valence-electron chi connectivity index (χ0n) is 11.9. The van der Waals surface area contributed by atoms with Crippen LogP contribution in [0.2, 0.25) is 0 Å². The maximum Gasteiger partial charge on any atom is 0.273 e. The summed E-state index contributed by atoms with van der Waals surface area (Å²) >= 11 is 0. The minimum Gasteiger partial charge on any atom is -0.474 e. The Hall–Kier alpha value is -2.77. The molecule has 1 unspecified atom stereocenters. The summed E-state index contributed by atoms with van der Waals surface area (Å²) in [4.78, 5) is 14.2. The quantitative estimate of drug-likeness (QED) is 0.883. The van der Waals surface area contributed by atoms with E-state index in [4.69, 9.17) is 11.2 Å². The number of amides is 1. The standard InChI is InChI=1S/C18H15NO3/c1-2-10-19-15-11-13(12-20)8-9-16(15)22-17(18(19)21)14-6-4-3-5-7-14/h1,3-9,11,17,20H,10,12H2. The fourth-order valence-corrected chi connectivity index (χ4v) is 2.50. The highest BCUT2D eigenvalue weighted by molar-refractivity contribution is 6.01. The predicted octanol–water partition coefficient (Wildman–Crippen LogP) is 2.28. The first-order chi connectivity index (χ1) is 10.7. The van der Waals surface area contributed by atoms with Gasteiger partial charge in [-0.05, 0) is 17.7 Å². The molecule has 0 fully saturated rings. The summed E-state index contributed by atoms with van der Waals surface area (Å²) in [6.45, 7) is 0.0564. The maximum atomic E-state index is 12.7. The molecule has 22 heavy (non-hydrogen) atoms. The van der Waals surface area contributed by atoms with Gasteiger partial charge in [-0.1, -0.05) is 42.3 Å². The van der Waals surface area contributed by atoms with Gasteiger partial charge in [0.25, 0.3) is 5.91 Å². The molecule has 1 amide bonds. The number of nitrogens with zero attached hydrogens (tertiary/aromatic N) is 1. The Morgan fingerprint density at radius 1 is 1.23 bits per heavy atom. The Kier molecular flexibility index (Phi) is 3.82. The average molecular weight is 293 g/mol. The number of carbonyl (C=O) groups is 1. The minimum absolute atomic E-state index is 0.104. The molecule has 1 atom stereocenters. The van der Waals surface area contributed by atoms with E-state index < -0.39 is 6.10 Å². The highest BCUT2D eigenvalue weighted by atomic mass is 16.5. The molecule has 0 saturated carbocycles. The highest BCUT2D eigenvalue weighted by Gasteiger charge is 2.35. The van der Waals surface area contributed by atoms with Crippen molar-refractivity contribution in [1.29, 1.82) is 0 Å². The van der Waals surface area contributed by atoms with Gasteiger partial charge in [0.15, 0.2) is 0 Å². The molecule has 1 aliphatic heterocycles. The van der Waals surface area contributed by atoms with Crippen LogP contribution in [0.5, 0.6) is 5.75 Å². The number of benzene rings is 2. The number of hydrogen-bond acceptors (Lipinski definition) is 3. The molecular weight excluding hydrogens is 278 g/mol. The number of terminal acetylenes is 1. The largest absolute Gasteiger partial charge is 0.474 e. The summed E-state index contributed by atoms with van der Waals surface area (Å²) < 4.78 is 5.86. The van der Waals surface area contributed by atoms with Crippen LogP contribution in [0.25, 0.3) is 0 Å². The number of ether oxygens (including phenoxy) is 1. The van der Waals surface area contributed by atoms with Crippen molar-refractivity contribution in [2.24, 2.45) is 0 Å². The van der Waals surface area contributed by atoms with Gasteiger partial charge in [0.2, 0.25) is 6.10 Å². The van der Waals surface area contributed by atoms with Crippen LogP contribution in [0, 0.1) is 12.3 Å². The third-order valence-corrected chi connectivity index (χ3v) is 3.58. The van der Waals surface area contributed by atoms with Gasteiger partial charge in [-0.2, -0.15) is 0 Å². The fraction of sp³-hybridized carbons (Fsp3) is 0.167. The Morgan fingerprint density at radius 3 is 2.68 bits per heavy atom. The van der Waals surface area contributed by atoms with Gasteiger partial charge in [0.05, 0.1) is 18.8 Å². The van der Waals surface area contributed by atoms with E-state index in [1.54, 1.807) is 18.2 Å². The lowest BCUT2D eigenvalue weighted by Crippen LogP contribution is -2.41. The molecule has 0 spiro atoms. The van der Waals surface area contributed by atoms with Crippen LogP contribution >= 0.6 is 0 Å². The van der Waals surface area contributed by atoms with E-state index in [2.05, 4.69) is 5.92 Å². The van der Waals surface area contributed by atoms with Crippen LogP contribution in [0.15, 0.2) is 48.5 Å². The molecule has 4 nitrogen and oxygen atoms in total. The molecule has 1 aliphatic rings. The molecule has 3 rings (SSSR count). The van der Waals surface area contributed by atoms with Crippen LogP contribution in [-0.4, -0.2) is 17.6 Å². The monoisotopic (exact) mass is 293 g/mol. The van der Waals surface area contributed by atoms with Crippen LogP contribution < -0.4 is 9.64 Å². The van der Waals surface area contributed by atoms with Crippen molar-refractivity contribution < 1.29 is 14.6 Å². The molecular formula is C18H15NO3. The van der Waals surface area contributed by atoms with Crippen molar-refractivity contribution in [3.63, 3.8) is 0 Å². The summed E-state index contributed by atoms with van der Waals surface area (Å²) in [5.41, 5.74) is 2.09. The predicted molar refractivity (Wildman–Crippen MR) is 83.4 cm³/mol. The highest BCUT2D eigenvalue weighted by Crippen LogP contribution is 2.39. The SMILES string of the molecule is C#CCN1C(=O)C(c2ccccc2)Oc2ccc(CO)cc21. The van der Waals surface area contributed by atoms with Crippen LogP contribution in [-0.2, 0) is 11.4 Å². The smallest absolute Gasteiger partial charge is 0.273 e. The zero-order chi connectivity index (χ0) is 15.5. The second-order valence-electron chi connectivity index (χ2n) is 5.00. The lowest BCUT2D eigenvalue weighted by Gasteiger charge is -2.33. The van der Waals surface area contributed by atoms with Gasteiger partial charge in [0, 0.05) is 5.56 Å². The van der Waals surface area contributed by atoms with E-state index in [0.29, 0.717) is 17.0 Å². The third-order valence-electron chi connectivity index (χ3n) is 3.58. The molecule has 0 bridgehead atoms. The molecule has 110 valence electrons. The van der Waals surface area contributed by atoms with E-state index in [-0.39, 0.29) is 19.1 Å². The molecule has 2 aromatic rings. The lowest BCUT2D eigenvalue weighted by molar-refractivity contribution is -0.126. The van der Waals surface area contributed by atoms with Crippen molar-refractivity contribution in [3.8, 4) is 18.1 Å². The number of carbonyl (C=O) groups excluding carboxylic acids is 1. The van der Waals surface area contributed by atoms with E-state index in [1.165, 1.54) is 4.90 Å². The Labute approximate surface area is 129 Å². The molecule has 0 saturated heterocycles. The molecule has 1 N–H and O–H groups in total. The first-order valence-corrected chi connectivity index (χ1v) is 6.95. The number of aliphatic hydroxyl groups excluding tert-OH is 1. The Bertz CT molecular complexity index is 734. The first kappa shape index (κ1) is 14.2. The average Bonchev–Trinajstić information content (AvgIpc) is 2.57. The molecule has 0 aromatic heterocycles. The van der Waals surface area contributed by atoms with Gasteiger partial charge in [0.1, 0.15) is 5.75 Å². The second kappa shape index (κ2) is 5.92. The lowest BCUT2D eigenvalue weighted by atomic mass is 10.0. The van der Waals surface area contributed by atoms with Gasteiger partial charge in [-0.25, -0.2) is 0 Å². The second-order valence-corrected chi connectivity index (χ2v) is 5.00. The molecule has 0 radical (unpaired) electrons. The van der Waals surface area contributed by atoms with Crippen LogP contribution in [0.1, 0.15) is 17.2 Å². The summed E-state index contributed by atoms with van der Waals surface area (Å²) in [6.07, 6.45) is 4.69. The van der Waals surface area contributed by atoms with E-state index >= 15 is 0 Å². The summed E-state index contributed by atoms with van der Waals surface area (Å²) in [5.74, 6) is 2.89. The number of fused-ring (bicyclic) bond motifs is 1. The molecule has 2 aromatic carbocycles. The van der Waals surface area contributed by atoms with Crippen LogP contribution in [0.3, 0.4) is 0 Å². The number of aliphatic hydroxyl groups is 1. The molecule has 4 heteroatoms. The van der Waals surface area contributed by atoms with Gasteiger partial charge >= 0.3 is 0 Å². The van der Waals surface area contributed by atoms with Gasteiger partial charge in [-0.15, -0.1) is 6.42 Å². The van der Waals surface area contributed by atoms with E-state index in [1.807, 2.05) is 30.3 Å². The van der Waals surface area contributed by atoms with Crippen molar-refractivity contribution in [1.82, 2.24) is 0 Å². The van der Waals surface area contributed by atoms with Crippen molar-refractivity contribution >= 4 is 11.6 Å². The van der Waals surface area contributed by atoms with Crippen molar-refractivity contribution in [2.45, 2.75) is 12.7 Å². The third kappa shape index (κ3) is 2.43. The van der Waals surface area contributed by atoms with Gasteiger partial charge in [-0.3, -0.25) is 9.69 Å². The number of hydrogen-bond donors (Lipinski definition) is 1. The zero-order valence-corrected chi connectivity index (χ0v) is 11.9. The summed E-state index contributed by atoms with van der Waals surface area (Å²) in [5, 5.41) is 9.27. The van der Waals surface area contributed by atoms with Crippen LogP contribution in [0.4, 0.5) is 5.69 Å². The number of rotatable bonds is 3. The Morgan fingerprint density at radius 2 is 2.00 bits per heavy atom. The summed E-state index contributed by atoms with van der Waals surface area (Å²) in [7, 11) is 0. The van der Waals surface area contributed by atoms with E-state index in [9.17, 15) is 9.90 Å². The topological polar surface area (TPSA) is 49.8 Å². The fourth-order valence-electron chi connectivity index (χ4n) is 2.50. The molecule has 0 aliphatic carbocycles. The van der Waals surface area contributed by atoms with E-state index in [0.717, 1.165) is 5.56 Å².